The van der Waals surface area contributed by atoms with Gasteiger partial charge >= 0.3 is 0 Å². The van der Waals surface area contributed by atoms with E-state index < -0.39 is 0 Å². The molecule has 0 saturated heterocycles. The molecular weight excluding hydrogens is 272 g/mol. The van der Waals surface area contributed by atoms with Gasteiger partial charge in [-0.15, -0.1) is 10.2 Å². The minimum atomic E-state index is -0.242. The molecule has 112 valence electrons. The highest BCUT2D eigenvalue weighted by Crippen LogP contribution is 2.13. The molecule has 2 rings (SSSR count). The van der Waals surface area contributed by atoms with Gasteiger partial charge in [-0.2, -0.15) is 0 Å². The number of carbonyl (C=O) groups excluding carboxylic acids is 1. The van der Waals surface area contributed by atoms with Crippen LogP contribution in [0.25, 0.3) is 0 Å². The van der Waals surface area contributed by atoms with Gasteiger partial charge in [-0.25, -0.2) is 0 Å². The fraction of sp³-hybridized carbons (Fsp3) is 0.385. The third-order valence-corrected chi connectivity index (χ3v) is 2.63. The summed E-state index contributed by atoms with van der Waals surface area (Å²) < 4.78 is 4.93. The van der Waals surface area contributed by atoms with Crippen molar-refractivity contribution < 1.29 is 9.32 Å². The van der Waals surface area contributed by atoms with Crippen molar-refractivity contribution in [1.29, 1.82) is 0 Å². The molecule has 2 N–H and O–H groups in total. The third kappa shape index (κ3) is 4.53. The van der Waals surface area contributed by atoms with Gasteiger partial charge in [0, 0.05) is 19.2 Å². The predicted molar refractivity (Wildman–Crippen MR) is 77.4 cm³/mol. The van der Waals surface area contributed by atoms with Crippen molar-refractivity contribution in [2.24, 2.45) is 0 Å². The molecule has 0 aliphatic heterocycles. The van der Waals surface area contributed by atoms with Crippen LogP contribution in [0, 0.1) is 6.92 Å². The van der Waals surface area contributed by atoms with E-state index in [2.05, 4.69) is 26.0 Å². The molecule has 0 aliphatic rings. The largest absolute Gasteiger partial charge is 0.360 e. The van der Waals surface area contributed by atoms with Crippen molar-refractivity contribution >= 4 is 17.5 Å². The number of aromatic nitrogens is 3. The summed E-state index contributed by atoms with van der Waals surface area (Å²) in [7, 11) is 3.89. The maximum absolute atomic E-state index is 11.8. The molecule has 2 heterocycles. The molecule has 0 spiro atoms. The molecule has 0 aliphatic carbocycles. The van der Waals surface area contributed by atoms with Crippen molar-refractivity contribution in [1.82, 2.24) is 25.6 Å². The van der Waals surface area contributed by atoms with Crippen LogP contribution < -0.4 is 10.6 Å². The molecule has 0 atom stereocenters. The number of rotatable bonds is 6. The number of anilines is 2. The van der Waals surface area contributed by atoms with Gasteiger partial charge in [-0.05, 0) is 33.2 Å². The predicted octanol–water partition coefficient (Wildman–Crippen LogP) is 0.808. The van der Waals surface area contributed by atoms with E-state index in [1.54, 1.807) is 25.1 Å². The molecule has 0 radical (unpaired) electrons. The summed E-state index contributed by atoms with van der Waals surface area (Å²) in [5.41, 5.74) is 0.274. The fourth-order valence-corrected chi connectivity index (χ4v) is 1.56. The van der Waals surface area contributed by atoms with Crippen molar-refractivity contribution in [2.75, 3.05) is 32.5 Å². The van der Waals surface area contributed by atoms with Crippen LogP contribution in [0.4, 0.5) is 11.6 Å². The molecule has 0 aromatic carbocycles. The summed E-state index contributed by atoms with van der Waals surface area (Å²) in [5.74, 6) is 1.49. The maximum Gasteiger partial charge on any atom is 0.271 e. The summed E-state index contributed by atoms with van der Waals surface area (Å²) in [6, 6.07) is 5.01. The van der Waals surface area contributed by atoms with E-state index >= 15 is 0 Å². The van der Waals surface area contributed by atoms with Crippen LogP contribution in [-0.4, -0.2) is 53.3 Å². The minimum Gasteiger partial charge on any atom is -0.360 e. The molecular formula is C13H18N6O2. The number of likely N-dealkylation sites (N-methyl/N-ethyl adjacent to an activating group) is 1. The Morgan fingerprint density at radius 3 is 2.67 bits per heavy atom. The van der Waals surface area contributed by atoms with Crippen molar-refractivity contribution in [3.8, 4) is 0 Å². The van der Waals surface area contributed by atoms with Crippen molar-refractivity contribution in [3.05, 3.63) is 29.7 Å². The third-order valence-electron chi connectivity index (χ3n) is 2.63. The highest BCUT2D eigenvalue weighted by molar-refractivity contribution is 5.92. The van der Waals surface area contributed by atoms with Crippen LogP contribution in [-0.2, 0) is 0 Å². The first-order valence-corrected chi connectivity index (χ1v) is 6.51. The molecule has 0 saturated carbocycles. The van der Waals surface area contributed by atoms with Crippen molar-refractivity contribution in [2.45, 2.75) is 6.92 Å². The van der Waals surface area contributed by atoms with E-state index in [1.165, 1.54) is 0 Å². The monoisotopic (exact) mass is 290 g/mol. The molecule has 21 heavy (non-hydrogen) atoms. The normalized spacial score (nSPS) is 10.7. The molecule has 0 unspecified atom stereocenters. The second-order valence-electron chi connectivity index (χ2n) is 4.81. The van der Waals surface area contributed by atoms with Crippen LogP contribution in [0.15, 0.2) is 22.7 Å². The second-order valence-corrected chi connectivity index (χ2v) is 4.81. The number of carbonyl (C=O) groups is 1. The lowest BCUT2D eigenvalue weighted by Gasteiger charge is -2.09. The van der Waals surface area contributed by atoms with Gasteiger partial charge in [0.05, 0.1) is 0 Å². The Bertz CT molecular complexity index is 593. The van der Waals surface area contributed by atoms with Gasteiger partial charge < -0.3 is 20.1 Å². The average molecular weight is 290 g/mol. The fourth-order valence-electron chi connectivity index (χ4n) is 1.56. The zero-order valence-corrected chi connectivity index (χ0v) is 12.3. The van der Waals surface area contributed by atoms with Crippen molar-refractivity contribution in [3.63, 3.8) is 0 Å². The molecule has 0 bridgehead atoms. The van der Waals surface area contributed by atoms with Gasteiger partial charge in [0.1, 0.15) is 5.76 Å². The van der Waals surface area contributed by atoms with Gasteiger partial charge in [-0.1, -0.05) is 5.16 Å². The number of nitrogens with zero attached hydrogens (tertiary/aromatic N) is 4. The molecule has 0 fully saturated rings. The number of hydrogen-bond acceptors (Lipinski definition) is 7. The first kappa shape index (κ1) is 14.9. The standard InChI is InChI=1S/C13H18N6O2/c1-9-8-12(18-21-9)15-11-5-4-10(16-17-11)13(20)14-6-7-19(2)3/h4-5,8H,6-7H2,1-3H3,(H,14,20)(H,15,17,18). The molecule has 8 heteroatoms. The Morgan fingerprint density at radius 2 is 2.10 bits per heavy atom. The SMILES string of the molecule is Cc1cc(Nc2ccc(C(=O)NCCN(C)C)nn2)no1. The minimum absolute atomic E-state index is 0.242. The number of nitrogens with one attached hydrogen (secondary N) is 2. The lowest BCUT2D eigenvalue weighted by atomic mass is 10.3. The molecule has 1 amide bonds. The Balaban J connectivity index is 1.90. The van der Waals surface area contributed by atoms with Gasteiger partial charge in [0.2, 0.25) is 0 Å². The van der Waals surface area contributed by atoms with Crippen LogP contribution >= 0.6 is 0 Å². The smallest absolute Gasteiger partial charge is 0.271 e. The number of aryl methyl sites for hydroxylation is 1. The second kappa shape index (κ2) is 6.80. The summed E-state index contributed by atoms with van der Waals surface area (Å²) in [6.07, 6.45) is 0. The van der Waals surface area contributed by atoms with E-state index in [9.17, 15) is 4.79 Å². The molecule has 8 nitrogen and oxygen atoms in total. The van der Waals surface area contributed by atoms with Crippen LogP contribution in [0.3, 0.4) is 0 Å². The summed E-state index contributed by atoms with van der Waals surface area (Å²) in [5, 5.41) is 17.3. The molecule has 2 aromatic heterocycles. The van der Waals surface area contributed by atoms with Crippen LogP contribution in [0.1, 0.15) is 16.2 Å². The first-order chi connectivity index (χ1) is 10.0. The van der Waals surface area contributed by atoms with Gasteiger partial charge in [0.25, 0.3) is 5.91 Å². The maximum atomic E-state index is 11.8. The highest BCUT2D eigenvalue weighted by Gasteiger charge is 2.08. The first-order valence-electron chi connectivity index (χ1n) is 6.51. The van der Waals surface area contributed by atoms with E-state index in [-0.39, 0.29) is 11.6 Å². The summed E-state index contributed by atoms with van der Waals surface area (Å²) in [4.78, 5) is 13.8. The molecule has 2 aromatic rings. The Labute approximate surface area is 122 Å². The van der Waals surface area contributed by atoms with E-state index in [0.717, 1.165) is 6.54 Å². The number of hydrogen-bond donors (Lipinski definition) is 2. The summed E-state index contributed by atoms with van der Waals surface area (Å²) >= 11 is 0. The quantitative estimate of drug-likeness (QED) is 0.812. The van der Waals surface area contributed by atoms with Crippen LogP contribution in [0.5, 0.6) is 0 Å². The Morgan fingerprint density at radius 1 is 1.29 bits per heavy atom. The Hall–Kier alpha value is -2.48. The number of amides is 1. The van der Waals surface area contributed by atoms with Gasteiger partial charge in [0.15, 0.2) is 17.3 Å². The average Bonchev–Trinajstić information content (AvgIpc) is 2.84. The zero-order chi connectivity index (χ0) is 15.2. The highest BCUT2D eigenvalue weighted by atomic mass is 16.5. The zero-order valence-electron chi connectivity index (χ0n) is 12.3. The van der Waals surface area contributed by atoms with E-state index in [1.807, 2.05) is 19.0 Å². The topological polar surface area (TPSA) is 96.2 Å². The van der Waals surface area contributed by atoms with E-state index in [0.29, 0.717) is 23.9 Å². The lowest BCUT2D eigenvalue weighted by molar-refractivity contribution is 0.0945. The lowest BCUT2D eigenvalue weighted by Crippen LogP contribution is -2.31. The van der Waals surface area contributed by atoms with Crippen LogP contribution in [0.2, 0.25) is 0 Å². The van der Waals surface area contributed by atoms with E-state index in [4.69, 9.17) is 4.52 Å². The Kier molecular flexibility index (Phi) is 4.83. The summed E-state index contributed by atoms with van der Waals surface area (Å²) in [6.45, 7) is 3.13. The van der Waals surface area contributed by atoms with Gasteiger partial charge in [-0.3, -0.25) is 4.79 Å².